The van der Waals surface area contributed by atoms with Crippen LogP contribution in [0.2, 0.25) is 5.02 Å². The Morgan fingerprint density at radius 3 is 1.67 bits per heavy atom. The average Bonchev–Trinajstić information content (AvgIpc) is 2.82. The van der Waals surface area contributed by atoms with Gasteiger partial charge in [0.15, 0.2) is 9.34 Å². The minimum atomic E-state index is -3.73. The second-order valence-corrected chi connectivity index (χ2v) is 8.41. The Bertz CT molecular complexity index is 997. The largest absolute Gasteiger partial charge is 0.441 e. The first kappa shape index (κ1) is 17.7. The lowest BCUT2D eigenvalue weighted by molar-refractivity contribution is 0.518. The maximum absolute atomic E-state index is 11.4. The van der Waals surface area contributed by atoms with Gasteiger partial charge < -0.3 is 4.42 Å². The monoisotopic (exact) mass is 489 g/mol. The molecule has 1 heterocycles. The number of primary sulfonamides is 1. The third kappa shape index (κ3) is 3.45. The molecule has 0 saturated heterocycles. The molecule has 3 aromatic rings. The van der Waals surface area contributed by atoms with E-state index in [0.29, 0.717) is 14.4 Å². The molecule has 0 amide bonds. The lowest BCUT2D eigenvalue weighted by Gasteiger charge is -2.06. The van der Waals surface area contributed by atoms with E-state index in [0.717, 1.165) is 22.3 Å². The quantitative estimate of drug-likeness (QED) is 0.530. The molecule has 0 bridgehead atoms. The van der Waals surface area contributed by atoms with E-state index in [2.05, 4.69) is 31.9 Å². The van der Waals surface area contributed by atoms with E-state index in [9.17, 15) is 8.42 Å². The zero-order valence-corrected chi connectivity index (χ0v) is 16.7. The first-order chi connectivity index (χ1) is 11.3. The highest BCUT2D eigenvalue weighted by Gasteiger charge is 2.21. The van der Waals surface area contributed by atoms with Crippen LogP contribution >= 0.6 is 43.5 Å². The zero-order valence-electron chi connectivity index (χ0n) is 12.0. The fourth-order valence-electron chi connectivity index (χ4n) is 2.32. The third-order valence-electron chi connectivity index (χ3n) is 3.43. The molecule has 1 aromatic heterocycles. The molecule has 3 rings (SSSR count). The number of halogens is 3. The first-order valence-electron chi connectivity index (χ1n) is 6.64. The number of hydrogen-bond acceptors (Lipinski definition) is 3. The summed E-state index contributed by atoms with van der Waals surface area (Å²) in [4.78, 5) is 0.0537. The number of hydrogen-bond donors (Lipinski definition) is 1. The summed E-state index contributed by atoms with van der Waals surface area (Å²) in [7, 11) is -3.73. The summed E-state index contributed by atoms with van der Waals surface area (Å²) in [5.74, 6) is 0. The van der Waals surface area contributed by atoms with E-state index >= 15 is 0 Å². The summed E-state index contributed by atoms with van der Waals surface area (Å²) in [6.45, 7) is 0. The van der Waals surface area contributed by atoms with Gasteiger partial charge in [-0.15, -0.1) is 0 Å². The number of nitrogens with two attached hydrogens (primary N) is 1. The highest BCUT2D eigenvalue weighted by molar-refractivity contribution is 9.11. The van der Waals surface area contributed by atoms with Crippen molar-refractivity contribution < 1.29 is 12.8 Å². The molecular weight excluding hydrogens is 482 g/mol. The summed E-state index contributed by atoms with van der Waals surface area (Å²) in [6.07, 6.45) is 0. The standard InChI is InChI=1S/C16H10Br2ClNO3S/c17-15-13(9-1-5-11(19)6-2-9)14(16(18)23-15)10-3-7-12(8-4-10)24(20,21)22/h1-8H,(H2,20,21,22). The molecule has 8 heteroatoms. The molecule has 2 N–H and O–H groups in total. The summed E-state index contributed by atoms with van der Waals surface area (Å²) in [6, 6.07) is 13.6. The fraction of sp³-hybridized carbons (Fsp3) is 0. The molecule has 0 unspecified atom stereocenters. The molecule has 0 fully saturated rings. The topological polar surface area (TPSA) is 73.3 Å². The van der Waals surface area contributed by atoms with Crippen molar-refractivity contribution in [3.8, 4) is 22.3 Å². The number of furan rings is 1. The van der Waals surface area contributed by atoms with Crippen molar-refractivity contribution in [3.63, 3.8) is 0 Å². The average molecular weight is 492 g/mol. The van der Waals surface area contributed by atoms with Gasteiger partial charge in [-0.2, -0.15) is 0 Å². The second-order valence-electron chi connectivity index (χ2n) is 4.98. The smallest absolute Gasteiger partial charge is 0.238 e. The predicted octanol–water partition coefficient (Wildman–Crippen LogP) is 5.44. The molecule has 0 spiro atoms. The van der Waals surface area contributed by atoms with Crippen LogP contribution in [0.5, 0.6) is 0 Å². The van der Waals surface area contributed by atoms with Crippen LogP contribution in [-0.2, 0) is 10.0 Å². The number of rotatable bonds is 3. The minimum absolute atomic E-state index is 0.0537. The molecule has 0 radical (unpaired) electrons. The van der Waals surface area contributed by atoms with Gasteiger partial charge in [-0.3, -0.25) is 0 Å². The van der Waals surface area contributed by atoms with Gasteiger partial charge in [-0.05, 0) is 67.3 Å². The minimum Gasteiger partial charge on any atom is -0.441 e. The van der Waals surface area contributed by atoms with Crippen molar-refractivity contribution in [2.45, 2.75) is 4.90 Å². The predicted molar refractivity (Wildman–Crippen MR) is 101 cm³/mol. The van der Waals surface area contributed by atoms with Gasteiger partial charge in [0.25, 0.3) is 0 Å². The molecule has 0 aliphatic carbocycles. The van der Waals surface area contributed by atoms with Gasteiger partial charge in [0.05, 0.1) is 4.90 Å². The van der Waals surface area contributed by atoms with E-state index in [1.165, 1.54) is 12.1 Å². The molecular formula is C16H10Br2ClNO3S. The molecule has 0 atom stereocenters. The van der Waals surface area contributed by atoms with Gasteiger partial charge in [0.1, 0.15) is 0 Å². The fourth-order valence-corrected chi connectivity index (χ4v) is 4.36. The van der Waals surface area contributed by atoms with Crippen LogP contribution in [0, 0.1) is 0 Å². The van der Waals surface area contributed by atoms with Crippen LogP contribution < -0.4 is 5.14 Å². The van der Waals surface area contributed by atoms with Crippen molar-refractivity contribution >= 4 is 53.5 Å². The molecule has 0 saturated carbocycles. The van der Waals surface area contributed by atoms with Gasteiger partial charge >= 0.3 is 0 Å². The summed E-state index contributed by atoms with van der Waals surface area (Å²) in [5, 5.41) is 5.77. The Balaban J connectivity index is 2.17. The maximum atomic E-state index is 11.4. The van der Waals surface area contributed by atoms with Crippen molar-refractivity contribution in [2.24, 2.45) is 5.14 Å². The lowest BCUT2D eigenvalue weighted by atomic mass is 9.99. The summed E-state index contributed by atoms with van der Waals surface area (Å²) in [5.41, 5.74) is 3.33. The second kappa shape index (κ2) is 6.65. The first-order valence-corrected chi connectivity index (χ1v) is 10.2. The van der Waals surface area contributed by atoms with E-state index < -0.39 is 10.0 Å². The van der Waals surface area contributed by atoms with Gasteiger partial charge in [0.2, 0.25) is 10.0 Å². The van der Waals surface area contributed by atoms with E-state index in [1.807, 2.05) is 12.1 Å². The summed E-state index contributed by atoms with van der Waals surface area (Å²) < 4.78 is 29.5. The maximum Gasteiger partial charge on any atom is 0.238 e. The van der Waals surface area contributed by atoms with Crippen molar-refractivity contribution in [3.05, 3.63) is 62.9 Å². The van der Waals surface area contributed by atoms with Crippen LogP contribution in [0.15, 0.2) is 67.2 Å². The van der Waals surface area contributed by atoms with Crippen molar-refractivity contribution in [2.75, 3.05) is 0 Å². The number of benzene rings is 2. The van der Waals surface area contributed by atoms with Crippen LogP contribution in [0.1, 0.15) is 0 Å². The molecule has 4 nitrogen and oxygen atoms in total. The van der Waals surface area contributed by atoms with Gasteiger partial charge in [-0.1, -0.05) is 35.9 Å². The van der Waals surface area contributed by atoms with Crippen molar-refractivity contribution in [1.29, 1.82) is 0 Å². The third-order valence-corrected chi connectivity index (χ3v) is 5.72. The summed E-state index contributed by atoms with van der Waals surface area (Å²) >= 11 is 12.8. The van der Waals surface area contributed by atoms with Crippen LogP contribution in [0.3, 0.4) is 0 Å². The Labute approximate surface area is 160 Å². The molecule has 124 valence electrons. The van der Waals surface area contributed by atoms with Crippen LogP contribution in [0.25, 0.3) is 22.3 Å². The van der Waals surface area contributed by atoms with Gasteiger partial charge in [-0.25, -0.2) is 13.6 Å². The number of sulfonamides is 1. The zero-order chi connectivity index (χ0) is 17.5. The Morgan fingerprint density at radius 2 is 1.25 bits per heavy atom. The highest BCUT2D eigenvalue weighted by Crippen LogP contribution is 2.45. The van der Waals surface area contributed by atoms with Crippen LogP contribution in [-0.4, -0.2) is 8.42 Å². The molecule has 2 aromatic carbocycles. The van der Waals surface area contributed by atoms with E-state index in [4.69, 9.17) is 21.2 Å². The van der Waals surface area contributed by atoms with Crippen LogP contribution in [0.4, 0.5) is 0 Å². The van der Waals surface area contributed by atoms with Crippen molar-refractivity contribution in [1.82, 2.24) is 0 Å². The Hall–Kier alpha value is -1.12. The Morgan fingerprint density at radius 1 is 0.833 bits per heavy atom. The normalized spacial score (nSPS) is 11.7. The SMILES string of the molecule is NS(=O)(=O)c1ccc(-c2c(Br)oc(Br)c2-c2ccc(Cl)cc2)cc1. The Kier molecular flexibility index (Phi) is 4.90. The molecule has 24 heavy (non-hydrogen) atoms. The van der Waals surface area contributed by atoms with E-state index in [-0.39, 0.29) is 4.90 Å². The lowest BCUT2D eigenvalue weighted by Crippen LogP contribution is -2.11. The molecule has 0 aliphatic rings. The highest BCUT2D eigenvalue weighted by atomic mass is 79.9. The molecule has 0 aliphatic heterocycles. The van der Waals surface area contributed by atoms with Gasteiger partial charge in [0, 0.05) is 16.1 Å². The van der Waals surface area contributed by atoms with E-state index in [1.54, 1.807) is 24.3 Å².